The van der Waals surface area contributed by atoms with Crippen molar-refractivity contribution in [3.63, 3.8) is 0 Å². The molecule has 116 valence electrons. The van der Waals surface area contributed by atoms with Crippen molar-refractivity contribution in [1.82, 2.24) is 4.72 Å². The van der Waals surface area contributed by atoms with Crippen LogP contribution in [0.5, 0.6) is 0 Å². The highest BCUT2D eigenvalue weighted by Gasteiger charge is 2.24. The molecular formula is C14H19NO4S2. The first kappa shape index (κ1) is 16.2. The Hall–Kier alpha value is -1.18. The lowest BCUT2D eigenvalue weighted by atomic mass is 9.97. The molecule has 0 radical (unpaired) electrons. The summed E-state index contributed by atoms with van der Waals surface area (Å²) in [4.78, 5) is 11.7. The fourth-order valence-corrected chi connectivity index (χ4v) is 4.67. The molecule has 1 aromatic rings. The number of allylic oxidation sites excluding steroid dienone is 1. The second kappa shape index (κ2) is 7.20. The highest BCUT2D eigenvalue weighted by atomic mass is 32.2. The quantitative estimate of drug-likeness (QED) is 0.643. The van der Waals surface area contributed by atoms with Crippen LogP contribution in [-0.2, 0) is 14.8 Å². The van der Waals surface area contributed by atoms with Crippen molar-refractivity contribution in [1.29, 1.82) is 0 Å². The number of methoxy groups -OCH3 is 1. The lowest BCUT2D eigenvalue weighted by molar-refractivity contribution is 0.0602. The molecule has 1 N–H and O–H groups in total. The zero-order chi connectivity index (χ0) is 15.3. The van der Waals surface area contributed by atoms with Gasteiger partial charge in [0.05, 0.1) is 7.11 Å². The predicted molar refractivity (Wildman–Crippen MR) is 82.0 cm³/mol. The average Bonchev–Trinajstić information content (AvgIpc) is 2.98. The highest BCUT2D eigenvalue weighted by molar-refractivity contribution is 7.89. The minimum atomic E-state index is -3.67. The number of rotatable bonds is 6. The van der Waals surface area contributed by atoms with Gasteiger partial charge in [0.2, 0.25) is 10.0 Å². The fraction of sp³-hybridized carbons (Fsp3) is 0.500. The largest absolute Gasteiger partial charge is 0.465 e. The molecule has 7 heteroatoms. The molecule has 0 spiro atoms. The van der Waals surface area contributed by atoms with E-state index in [0.717, 1.165) is 30.6 Å². The fourth-order valence-electron chi connectivity index (χ4n) is 2.31. The Labute approximate surface area is 129 Å². The molecule has 1 aromatic heterocycles. The maximum atomic E-state index is 12.2. The van der Waals surface area contributed by atoms with Crippen molar-refractivity contribution < 1.29 is 17.9 Å². The van der Waals surface area contributed by atoms with Crippen LogP contribution in [0.3, 0.4) is 0 Å². The zero-order valence-corrected chi connectivity index (χ0v) is 13.6. The van der Waals surface area contributed by atoms with Crippen molar-refractivity contribution >= 4 is 27.3 Å². The summed E-state index contributed by atoms with van der Waals surface area (Å²) in [5.74, 6) is -0.625. The minimum Gasteiger partial charge on any atom is -0.465 e. The molecule has 1 heterocycles. The topological polar surface area (TPSA) is 72.5 Å². The van der Waals surface area contributed by atoms with E-state index >= 15 is 0 Å². The lowest BCUT2D eigenvalue weighted by Crippen LogP contribution is -2.26. The Morgan fingerprint density at radius 1 is 1.43 bits per heavy atom. The number of hydrogen-bond donors (Lipinski definition) is 1. The molecule has 0 fully saturated rings. The minimum absolute atomic E-state index is 0.00280. The predicted octanol–water partition coefficient (Wildman–Crippen LogP) is 2.70. The number of sulfonamides is 1. The van der Waals surface area contributed by atoms with Gasteiger partial charge in [-0.2, -0.15) is 0 Å². The van der Waals surface area contributed by atoms with Crippen LogP contribution in [0, 0.1) is 0 Å². The summed E-state index contributed by atoms with van der Waals surface area (Å²) in [6, 6.07) is 1.43. The van der Waals surface area contributed by atoms with Crippen LogP contribution in [0.1, 0.15) is 41.8 Å². The summed E-state index contributed by atoms with van der Waals surface area (Å²) in [5.41, 5.74) is 1.31. The van der Waals surface area contributed by atoms with Crippen molar-refractivity contribution in [2.24, 2.45) is 0 Å². The molecule has 0 aromatic carbocycles. The summed E-state index contributed by atoms with van der Waals surface area (Å²) >= 11 is 1.07. The molecule has 0 bridgehead atoms. The Bertz CT molecular complexity index is 631. The van der Waals surface area contributed by atoms with Crippen LogP contribution in [0.25, 0.3) is 0 Å². The van der Waals surface area contributed by atoms with E-state index in [9.17, 15) is 13.2 Å². The van der Waals surface area contributed by atoms with Gasteiger partial charge in [-0.15, -0.1) is 11.3 Å². The SMILES string of the molecule is COC(=O)c1sccc1S(=O)(=O)NCCC1=CCCCC1. The molecular weight excluding hydrogens is 310 g/mol. The van der Waals surface area contributed by atoms with Crippen molar-refractivity contribution in [2.45, 2.75) is 37.0 Å². The second-order valence-corrected chi connectivity index (χ2v) is 7.51. The Kier molecular flexibility index (Phi) is 5.55. The average molecular weight is 329 g/mol. The van der Waals surface area contributed by atoms with E-state index < -0.39 is 16.0 Å². The monoisotopic (exact) mass is 329 g/mol. The standard InChI is InChI=1S/C14H19NO4S2/c1-19-14(16)13-12(8-10-20-13)21(17,18)15-9-7-11-5-3-2-4-6-11/h5,8,10,15H,2-4,6-7,9H2,1H3. The number of ether oxygens (including phenoxy) is 1. The zero-order valence-electron chi connectivity index (χ0n) is 11.9. The molecule has 5 nitrogen and oxygen atoms in total. The number of hydrogen-bond acceptors (Lipinski definition) is 5. The van der Waals surface area contributed by atoms with Gasteiger partial charge in [-0.3, -0.25) is 0 Å². The molecule has 1 aliphatic carbocycles. The maximum Gasteiger partial charge on any atom is 0.349 e. The summed E-state index contributed by atoms with van der Waals surface area (Å²) in [6.07, 6.45) is 7.44. The number of carbonyl (C=O) groups excluding carboxylic acids is 1. The molecule has 0 amide bonds. The number of esters is 1. The van der Waals surface area contributed by atoms with Crippen LogP contribution in [0.15, 0.2) is 28.0 Å². The molecule has 0 saturated heterocycles. The lowest BCUT2D eigenvalue weighted by Gasteiger charge is -2.13. The van der Waals surface area contributed by atoms with E-state index in [1.807, 2.05) is 0 Å². The second-order valence-electron chi connectivity index (χ2n) is 4.86. The first-order valence-corrected chi connectivity index (χ1v) is 9.24. The Balaban J connectivity index is 2.00. The number of carbonyl (C=O) groups is 1. The molecule has 0 atom stereocenters. The van der Waals surface area contributed by atoms with E-state index in [4.69, 9.17) is 0 Å². The van der Waals surface area contributed by atoms with E-state index in [2.05, 4.69) is 15.5 Å². The van der Waals surface area contributed by atoms with Crippen molar-refractivity contribution in [3.8, 4) is 0 Å². The maximum absolute atomic E-state index is 12.2. The van der Waals surface area contributed by atoms with Gasteiger partial charge in [0.1, 0.15) is 9.77 Å². The van der Waals surface area contributed by atoms with Gasteiger partial charge < -0.3 is 4.74 Å². The smallest absolute Gasteiger partial charge is 0.349 e. The number of nitrogens with one attached hydrogen (secondary N) is 1. The Morgan fingerprint density at radius 2 is 2.24 bits per heavy atom. The van der Waals surface area contributed by atoms with Gasteiger partial charge in [0, 0.05) is 6.54 Å². The third-order valence-corrected chi connectivity index (χ3v) is 5.94. The number of thiophene rings is 1. The van der Waals surface area contributed by atoms with Crippen molar-refractivity contribution in [3.05, 3.63) is 28.0 Å². The Morgan fingerprint density at radius 3 is 2.90 bits per heavy atom. The summed E-state index contributed by atoms with van der Waals surface area (Å²) in [5, 5.41) is 1.57. The van der Waals surface area contributed by atoms with Gasteiger partial charge >= 0.3 is 5.97 Å². The highest BCUT2D eigenvalue weighted by Crippen LogP contribution is 2.23. The van der Waals surface area contributed by atoms with Crippen LogP contribution in [-0.4, -0.2) is 28.0 Å². The third-order valence-electron chi connectivity index (χ3n) is 3.41. The van der Waals surface area contributed by atoms with E-state index in [1.165, 1.54) is 31.6 Å². The summed E-state index contributed by atoms with van der Waals surface area (Å²) in [6.45, 7) is 0.352. The van der Waals surface area contributed by atoms with Gasteiger partial charge in [0.25, 0.3) is 0 Å². The van der Waals surface area contributed by atoms with Gasteiger partial charge in [0.15, 0.2) is 0 Å². The summed E-state index contributed by atoms with van der Waals surface area (Å²) in [7, 11) is -2.43. The molecule has 0 unspecified atom stereocenters. The first-order chi connectivity index (χ1) is 10.0. The molecule has 0 aliphatic heterocycles. The van der Waals surface area contributed by atoms with E-state index in [0.29, 0.717) is 6.54 Å². The van der Waals surface area contributed by atoms with E-state index in [-0.39, 0.29) is 9.77 Å². The van der Waals surface area contributed by atoms with Crippen LogP contribution in [0.4, 0.5) is 0 Å². The first-order valence-electron chi connectivity index (χ1n) is 6.88. The van der Waals surface area contributed by atoms with Gasteiger partial charge in [-0.25, -0.2) is 17.9 Å². The van der Waals surface area contributed by atoms with Crippen molar-refractivity contribution in [2.75, 3.05) is 13.7 Å². The molecule has 0 saturated carbocycles. The van der Waals surface area contributed by atoms with E-state index in [1.54, 1.807) is 5.38 Å². The van der Waals surface area contributed by atoms with Crippen LogP contribution < -0.4 is 4.72 Å². The van der Waals surface area contributed by atoms with Crippen LogP contribution in [0.2, 0.25) is 0 Å². The molecule has 2 rings (SSSR count). The third kappa shape index (κ3) is 4.15. The van der Waals surface area contributed by atoms with Gasteiger partial charge in [-0.05, 0) is 43.6 Å². The van der Waals surface area contributed by atoms with Crippen LogP contribution >= 0.6 is 11.3 Å². The van der Waals surface area contributed by atoms with Gasteiger partial charge in [-0.1, -0.05) is 11.6 Å². The normalized spacial score (nSPS) is 15.6. The molecule has 21 heavy (non-hydrogen) atoms. The summed E-state index contributed by atoms with van der Waals surface area (Å²) < 4.78 is 31.6. The molecule has 1 aliphatic rings.